The predicted molar refractivity (Wildman–Crippen MR) is 82.8 cm³/mol. The Bertz CT molecular complexity index is 650. The number of anilines is 3. The molecule has 0 aliphatic carbocycles. The highest BCUT2D eigenvalue weighted by Gasteiger charge is 2.11. The summed E-state index contributed by atoms with van der Waals surface area (Å²) in [7, 11) is 1.83. The summed E-state index contributed by atoms with van der Waals surface area (Å²) in [5.74, 6) is 0.894. The summed E-state index contributed by atoms with van der Waals surface area (Å²) in [6.07, 6.45) is 0.962. The fourth-order valence-electron chi connectivity index (χ4n) is 1.68. The van der Waals surface area contributed by atoms with E-state index in [0.29, 0.717) is 17.5 Å². The summed E-state index contributed by atoms with van der Waals surface area (Å²) in [6.45, 7) is 2.82. The van der Waals surface area contributed by atoms with Gasteiger partial charge in [0.2, 0.25) is 17.2 Å². The Morgan fingerprint density at radius 1 is 1.24 bits per heavy atom. The summed E-state index contributed by atoms with van der Waals surface area (Å²) in [4.78, 5) is 14.3. The van der Waals surface area contributed by atoms with Crippen LogP contribution in [0, 0.1) is 11.3 Å². The number of nitriles is 1. The third kappa shape index (κ3) is 3.80. The van der Waals surface area contributed by atoms with Gasteiger partial charge >= 0.3 is 0 Å². The van der Waals surface area contributed by atoms with E-state index in [9.17, 15) is 0 Å². The Morgan fingerprint density at radius 3 is 2.57 bits per heavy atom. The maximum Gasteiger partial charge on any atom is 0.235 e. The van der Waals surface area contributed by atoms with Gasteiger partial charge in [0.05, 0.1) is 11.6 Å². The first-order valence-electron chi connectivity index (χ1n) is 6.53. The van der Waals surface area contributed by atoms with Crippen LogP contribution in [0.25, 0.3) is 0 Å². The molecule has 0 saturated heterocycles. The second kappa shape index (κ2) is 6.86. The lowest BCUT2D eigenvalue weighted by Crippen LogP contribution is -2.15. The van der Waals surface area contributed by atoms with Gasteiger partial charge in [-0.15, -0.1) is 0 Å². The van der Waals surface area contributed by atoms with Gasteiger partial charge in [-0.3, -0.25) is 0 Å². The minimum Gasteiger partial charge on any atom is -0.354 e. The van der Waals surface area contributed by atoms with Gasteiger partial charge in [-0.05, 0) is 42.3 Å². The lowest BCUT2D eigenvalue weighted by Gasteiger charge is -2.17. The topological polar surface area (TPSA) is 77.7 Å². The number of halogens is 1. The molecule has 0 amide bonds. The fourth-order valence-corrected chi connectivity index (χ4v) is 1.84. The largest absolute Gasteiger partial charge is 0.354 e. The standard InChI is InChI=1S/C14H15ClN6/c1-3-8-17-13-18-12(15)19-14(20-13)21(2)11-6-4-10(9-16)5-7-11/h4-7H,3,8H2,1-2H3,(H,17,18,19,20). The van der Waals surface area contributed by atoms with Crippen molar-refractivity contribution in [2.45, 2.75) is 13.3 Å². The average molecular weight is 303 g/mol. The molecule has 0 fully saturated rings. The van der Waals surface area contributed by atoms with E-state index in [1.807, 2.05) is 19.2 Å². The SMILES string of the molecule is CCCNc1nc(Cl)nc(N(C)c2ccc(C#N)cc2)n1. The molecule has 21 heavy (non-hydrogen) atoms. The molecular weight excluding hydrogens is 288 g/mol. The highest BCUT2D eigenvalue weighted by Crippen LogP contribution is 2.22. The molecule has 108 valence electrons. The monoisotopic (exact) mass is 302 g/mol. The molecule has 0 saturated carbocycles. The smallest absolute Gasteiger partial charge is 0.235 e. The Balaban J connectivity index is 2.26. The van der Waals surface area contributed by atoms with E-state index in [1.165, 1.54) is 0 Å². The summed E-state index contributed by atoms with van der Waals surface area (Å²) < 4.78 is 0. The molecule has 0 aliphatic rings. The van der Waals surface area contributed by atoms with Gasteiger partial charge < -0.3 is 10.2 Å². The maximum absolute atomic E-state index is 8.82. The second-order valence-electron chi connectivity index (χ2n) is 4.37. The van der Waals surface area contributed by atoms with E-state index >= 15 is 0 Å². The van der Waals surface area contributed by atoms with Crippen LogP contribution in [0.3, 0.4) is 0 Å². The van der Waals surface area contributed by atoms with E-state index in [4.69, 9.17) is 16.9 Å². The molecule has 0 spiro atoms. The highest BCUT2D eigenvalue weighted by atomic mass is 35.5. The average Bonchev–Trinajstić information content (AvgIpc) is 2.51. The van der Waals surface area contributed by atoms with Crippen LogP contribution in [0.15, 0.2) is 24.3 Å². The van der Waals surface area contributed by atoms with E-state index in [0.717, 1.165) is 18.7 Å². The lowest BCUT2D eigenvalue weighted by atomic mass is 10.2. The van der Waals surface area contributed by atoms with Crippen LogP contribution in [0.4, 0.5) is 17.6 Å². The molecular formula is C14H15ClN6. The van der Waals surface area contributed by atoms with Crippen molar-refractivity contribution in [1.82, 2.24) is 15.0 Å². The molecule has 1 heterocycles. The van der Waals surface area contributed by atoms with E-state index in [1.54, 1.807) is 17.0 Å². The number of nitrogens with one attached hydrogen (secondary N) is 1. The van der Waals surface area contributed by atoms with Crippen LogP contribution in [-0.4, -0.2) is 28.5 Å². The zero-order valence-electron chi connectivity index (χ0n) is 11.8. The fraction of sp³-hybridized carbons (Fsp3) is 0.286. The molecule has 0 radical (unpaired) electrons. The first kappa shape index (κ1) is 15.0. The molecule has 1 aromatic carbocycles. The van der Waals surface area contributed by atoms with Gasteiger partial charge in [-0.25, -0.2) is 0 Å². The van der Waals surface area contributed by atoms with Crippen molar-refractivity contribution < 1.29 is 0 Å². The molecule has 0 atom stereocenters. The number of hydrogen-bond donors (Lipinski definition) is 1. The lowest BCUT2D eigenvalue weighted by molar-refractivity contribution is 0.926. The molecule has 2 rings (SSSR count). The van der Waals surface area contributed by atoms with E-state index in [2.05, 4.69) is 33.3 Å². The van der Waals surface area contributed by atoms with Crippen LogP contribution in [-0.2, 0) is 0 Å². The van der Waals surface area contributed by atoms with Crippen LogP contribution in [0.2, 0.25) is 5.28 Å². The molecule has 0 bridgehead atoms. The highest BCUT2D eigenvalue weighted by molar-refractivity contribution is 6.28. The van der Waals surface area contributed by atoms with Gasteiger partial charge in [0, 0.05) is 19.3 Å². The van der Waals surface area contributed by atoms with Crippen molar-refractivity contribution in [2.24, 2.45) is 0 Å². The van der Waals surface area contributed by atoms with Crippen molar-refractivity contribution in [2.75, 3.05) is 23.8 Å². The van der Waals surface area contributed by atoms with Crippen LogP contribution < -0.4 is 10.2 Å². The number of aromatic nitrogens is 3. The minimum atomic E-state index is 0.138. The van der Waals surface area contributed by atoms with Crippen LogP contribution in [0.5, 0.6) is 0 Å². The van der Waals surface area contributed by atoms with Crippen LogP contribution >= 0.6 is 11.6 Å². The Kier molecular flexibility index (Phi) is 4.90. The maximum atomic E-state index is 8.82. The predicted octanol–water partition coefficient (Wildman–Crippen LogP) is 2.99. The molecule has 0 unspecified atom stereocenters. The summed E-state index contributed by atoms with van der Waals surface area (Å²) >= 11 is 5.94. The van der Waals surface area contributed by atoms with Gasteiger partial charge in [0.25, 0.3) is 0 Å². The van der Waals surface area contributed by atoms with Crippen molar-refractivity contribution in [1.29, 1.82) is 5.26 Å². The molecule has 7 heteroatoms. The van der Waals surface area contributed by atoms with Gasteiger partial charge in [-0.2, -0.15) is 20.2 Å². The van der Waals surface area contributed by atoms with Crippen molar-refractivity contribution in [3.05, 3.63) is 35.1 Å². The summed E-state index contributed by atoms with van der Waals surface area (Å²) in [6, 6.07) is 9.22. The number of hydrogen-bond acceptors (Lipinski definition) is 6. The van der Waals surface area contributed by atoms with Gasteiger partial charge in [0.15, 0.2) is 0 Å². The van der Waals surface area contributed by atoms with E-state index < -0.39 is 0 Å². The Labute approximate surface area is 128 Å². The molecule has 1 aromatic heterocycles. The third-order valence-electron chi connectivity index (χ3n) is 2.81. The first-order chi connectivity index (χ1) is 10.1. The zero-order chi connectivity index (χ0) is 15.2. The Morgan fingerprint density at radius 2 is 1.95 bits per heavy atom. The first-order valence-corrected chi connectivity index (χ1v) is 6.91. The second-order valence-corrected chi connectivity index (χ2v) is 4.71. The summed E-state index contributed by atoms with van der Waals surface area (Å²) in [5, 5.41) is 12.0. The van der Waals surface area contributed by atoms with Crippen molar-refractivity contribution >= 4 is 29.2 Å². The van der Waals surface area contributed by atoms with Gasteiger partial charge in [0.1, 0.15) is 0 Å². The molecule has 0 aliphatic heterocycles. The van der Waals surface area contributed by atoms with Crippen molar-refractivity contribution in [3.63, 3.8) is 0 Å². The zero-order valence-corrected chi connectivity index (χ0v) is 12.6. The number of rotatable bonds is 5. The van der Waals surface area contributed by atoms with Crippen LogP contribution in [0.1, 0.15) is 18.9 Å². The quantitative estimate of drug-likeness (QED) is 0.915. The van der Waals surface area contributed by atoms with Crippen molar-refractivity contribution in [3.8, 4) is 6.07 Å². The minimum absolute atomic E-state index is 0.138. The van der Waals surface area contributed by atoms with E-state index in [-0.39, 0.29) is 5.28 Å². The number of nitrogens with zero attached hydrogens (tertiary/aromatic N) is 5. The molecule has 1 N–H and O–H groups in total. The number of benzene rings is 1. The Hall–Kier alpha value is -2.39. The molecule has 2 aromatic rings. The molecule has 6 nitrogen and oxygen atoms in total. The normalized spacial score (nSPS) is 10.0. The third-order valence-corrected chi connectivity index (χ3v) is 2.98. The van der Waals surface area contributed by atoms with Gasteiger partial charge in [-0.1, -0.05) is 6.92 Å². The summed E-state index contributed by atoms with van der Waals surface area (Å²) in [5.41, 5.74) is 1.46.